The van der Waals surface area contributed by atoms with Gasteiger partial charge >= 0.3 is 157 Å². The van der Waals surface area contributed by atoms with E-state index in [4.69, 9.17) is 0 Å². The first-order valence-corrected chi connectivity index (χ1v) is 31.6. The van der Waals surface area contributed by atoms with Crippen LogP contribution in [-0.2, 0) is 0 Å². The monoisotopic (exact) mass is 492 g/mol. The summed E-state index contributed by atoms with van der Waals surface area (Å²) in [6, 6.07) is 0. The molecule has 0 spiro atoms. The Labute approximate surface area is 155 Å². The van der Waals surface area contributed by atoms with Crippen LogP contribution in [0, 0.1) is 0 Å². The normalized spacial score (nSPS) is 23.0. The van der Waals surface area contributed by atoms with Crippen molar-refractivity contribution in [1.82, 2.24) is 0 Å². The van der Waals surface area contributed by atoms with Crippen molar-refractivity contribution in [1.29, 1.82) is 0 Å². The molecule has 22 heavy (non-hydrogen) atoms. The van der Waals surface area contributed by atoms with Crippen molar-refractivity contribution in [3.63, 3.8) is 0 Å². The maximum atomic E-state index is 2.89. The Bertz CT molecular complexity index is 388. The van der Waals surface area contributed by atoms with Gasteiger partial charge in [-0.2, -0.15) is 0 Å². The Morgan fingerprint density at radius 3 is 0.818 bits per heavy atom. The van der Waals surface area contributed by atoms with Crippen LogP contribution in [0.1, 0.15) is 12.8 Å². The molecule has 1 heterocycles. The second-order valence-corrected chi connectivity index (χ2v) is 48.9. The van der Waals surface area contributed by atoms with E-state index in [2.05, 4.69) is 92.6 Å². The van der Waals surface area contributed by atoms with E-state index in [9.17, 15) is 0 Å². The first-order valence-electron chi connectivity index (χ1n) is 8.96. The topological polar surface area (TPSA) is 0 Å². The van der Waals surface area contributed by atoms with Gasteiger partial charge in [0, 0.05) is 0 Å². The zero-order chi connectivity index (χ0) is 18.0. The van der Waals surface area contributed by atoms with E-state index < -0.39 is 44.1 Å². The molecule has 0 bridgehead atoms. The Hall–Kier alpha value is 1.95. The molecule has 0 N–H and O–H groups in total. The standard InChI is InChI=1S/C16H40Ge2Si4/c1-19(2,3)15(20(4,5)6)13-14-16(18(15)17,21(7,8)9)22(10,11)12/h13-14H2,1-12H3. The Kier molecular flexibility index (Phi) is 5.99. The number of hydrogen-bond donors (Lipinski definition) is 0. The molecule has 0 aromatic rings. The van der Waals surface area contributed by atoms with Gasteiger partial charge in [-0.15, -0.1) is 0 Å². The van der Waals surface area contributed by atoms with E-state index in [1.54, 1.807) is 12.8 Å². The molecule has 6 heteroatoms. The van der Waals surface area contributed by atoms with Gasteiger partial charge in [0.15, 0.2) is 0 Å². The summed E-state index contributed by atoms with van der Waals surface area (Å²) in [5.41, 5.74) is 0. The van der Waals surface area contributed by atoms with Gasteiger partial charge in [0.25, 0.3) is 0 Å². The zero-order valence-corrected chi connectivity index (χ0v) is 25.6. The minimum absolute atomic E-state index is 0.889. The third kappa shape index (κ3) is 2.97. The van der Waals surface area contributed by atoms with Crippen LogP contribution >= 0.6 is 0 Å². The minimum atomic E-state index is -1.16. The van der Waals surface area contributed by atoms with Gasteiger partial charge in [-0.3, -0.25) is 0 Å². The van der Waals surface area contributed by atoms with Crippen molar-refractivity contribution in [2.24, 2.45) is 0 Å². The van der Waals surface area contributed by atoms with Crippen LogP contribution in [0.4, 0.5) is 0 Å². The van der Waals surface area contributed by atoms with E-state index in [0.29, 0.717) is 0 Å². The van der Waals surface area contributed by atoms with Crippen LogP contribution in [0.2, 0.25) is 85.6 Å². The van der Waals surface area contributed by atoms with E-state index >= 15 is 0 Å². The predicted octanol–water partition coefficient (Wildman–Crippen LogP) is 5.93. The predicted molar refractivity (Wildman–Crippen MR) is 120 cm³/mol. The summed E-state index contributed by atoms with van der Waals surface area (Å²) in [6.45, 7) is 32.7. The van der Waals surface area contributed by atoms with Gasteiger partial charge < -0.3 is 0 Å². The average molecular weight is 490 g/mol. The SMILES string of the molecule is C[Si](C)(C)[C]1([Si](C)(C)C)CC[C]([Si](C)(C)C)([Si](C)(C)C)[Ge]1=[Ge]. The molecule has 1 fully saturated rings. The van der Waals surface area contributed by atoms with Gasteiger partial charge in [0.2, 0.25) is 0 Å². The molecule has 1 saturated heterocycles. The summed E-state index contributed by atoms with van der Waals surface area (Å²) in [7, 11) is -4.56. The first kappa shape index (κ1) is 22.0. The zero-order valence-electron chi connectivity index (χ0n) is 17.4. The van der Waals surface area contributed by atoms with Crippen LogP contribution in [0.5, 0.6) is 0 Å². The first-order chi connectivity index (χ1) is 9.36. The quantitative estimate of drug-likeness (QED) is 0.429. The molecule has 1 rings (SSSR count). The molecule has 0 aliphatic carbocycles. The average Bonchev–Trinajstić information content (AvgIpc) is 2.49. The fourth-order valence-electron chi connectivity index (χ4n) is 6.24. The summed E-state index contributed by atoms with van der Waals surface area (Å²) < 4.78 is 1.78. The molecule has 0 unspecified atom stereocenters. The van der Waals surface area contributed by atoms with Crippen LogP contribution in [0.3, 0.4) is 0 Å². The van der Waals surface area contributed by atoms with Gasteiger partial charge in [-0.05, 0) is 0 Å². The Balaban J connectivity index is 3.73. The van der Waals surface area contributed by atoms with Crippen molar-refractivity contribution >= 4 is 58.1 Å². The summed E-state index contributed by atoms with van der Waals surface area (Å²) in [6.07, 6.45) is 3.25. The van der Waals surface area contributed by atoms with Crippen molar-refractivity contribution in [3.8, 4) is 0 Å². The fourth-order valence-corrected chi connectivity index (χ4v) is 112. The van der Waals surface area contributed by atoms with Crippen LogP contribution in [-0.4, -0.2) is 58.1 Å². The van der Waals surface area contributed by atoms with E-state index in [1.807, 2.05) is 0 Å². The fraction of sp³-hybridized carbons (Fsp3) is 1.00. The summed E-state index contributed by atoms with van der Waals surface area (Å²) >= 11 is 1.73. The molecule has 128 valence electrons. The molecule has 2 radical (unpaired) electrons. The summed E-state index contributed by atoms with van der Waals surface area (Å²) in [4.78, 5) is 0. The van der Waals surface area contributed by atoms with E-state index in [0.717, 1.165) is 6.99 Å². The van der Waals surface area contributed by atoms with Gasteiger partial charge in [-0.25, -0.2) is 0 Å². The summed E-state index contributed by atoms with van der Waals surface area (Å²) in [5.74, 6) is 0. The number of hydrogen-bond acceptors (Lipinski definition) is 0. The molecular weight excluding hydrogens is 450 g/mol. The maximum absolute atomic E-state index is 2.89. The van der Waals surface area contributed by atoms with Crippen LogP contribution < -0.4 is 0 Å². The molecule has 0 aromatic carbocycles. The van der Waals surface area contributed by atoms with Crippen LogP contribution in [0.15, 0.2) is 0 Å². The molecule has 0 atom stereocenters. The van der Waals surface area contributed by atoms with Crippen molar-refractivity contribution < 1.29 is 0 Å². The third-order valence-corrected chi connectivity index (χ3v) is 76.0. The van der Waals surface area contributed by atoms with Gasteiger partial charge in [-0.1, -0.05) is 0 Å². The molecule has 0 saturated carbocycles. The van der Waals surface area contributed by atoms with Crippen molar-refractivity contribution in [3.05, 3.63) is 0 Å². The second kappa shape index (κ2) is 6.00. The van der Waals surface area contributed by atoms with E-state index in [1.165, 1.54) is 0 Å². The van der Waals surface area contributed by atoms with Crippen LogP contribution in [0.25, 0.3) is 0 Å². The van der Waals surface area contributed by atoms with E-state index in [-0.39, 0.29) is 0 Å². The Morgan fingerprint density at radius 1 is 0.545 bits per heavy atom. The Morgan fingerprint density at radius 2 is 0.727 bits per heavy atom. The molecule has 1 aliphatic rings. The second-order valence-electron chi connectivity index (χ2n) is 11.7. The van der Waals surface area contributed by atoms with Gasteiger partial charge in [0.05, 0.1) is 0 Å². The van der Waals surface area contributed by atoms with Crippen molar-refractivity contribution in [2.45, 2.75) is 98.4 Å². The molecule has 0 nitrogen and oxygen atoms in total. The molecule has 0 amide bonds. The van der Waals surface area contributed by atoms with Crippen molar-refractivity contribution in [2.75, 3.05) is 0 Å². The molecule has 1 aliphatic heterocycles. The summed E-state index contributed by atoms with van der Waals surface area (Å²) in [5, 5.41) is 0. The van der Waals surface area contributed by atoms with Gasteiger partial charge in [0.1, 0.15) is 0 Å². The third-order valence-electron chi connectivity index (χ3n) is 6.85. The molecule has 0 aromatic heterocycles. The molecular formula is C16H40Ge2Si4. The number of rotatable bonds is 4.